The van der Waals surface area contributed by atoms with Crippen molar-refractivity contribution in [3.8, 4) is 5.75 Å². The minimum absolute atomic E-state index is 0.181. The number of amides is 1. The molecule has 0 saturated heterocycles. The predicted octanol–water partition coefficient (Wildman–Crippen LogP) is 2.92. The van der Waals surface area contributed by atoms with Crippen molar-refractivity contribution in [1.29, 1.82) is 0 Å². The maximum atomic E-state index is 13.2. The lowest BCUT2D eigenvalue weighted by atomic mass is 10.0. The van der Waals surface area contributed by atoms with Crippen molar-refractivity contribution in [1.82, 2.24) is 24.6 Å². The molecule has 0 N–H and O–H groups in total. The number of carbonyl (C=O) groups is 2. The van der Waals surface area contributed by atoms with E-state index in [4.69, 9.17) is 9.47 Å². The highest BCUT2D eigenvalue weighted by Gasteiger charge is 2.31. The van der Waals surface area contributed by atoms with Gasteiger partial charge in [0.1, 0.15) is 17.3 Å². The quantitative estimate of drug-likeness (QED) is 0.497. The maximum Gasteiger partial charge on any atom is 0.359 e. The van der Waals surface area contributed by atoms with Crippen LogP contribution in [0.4, 0.5) is 0 Å². The number of hydrogen-bond donors (Lipinski definition) is 0. The molecule has 0 unspecified atom stereocenters. The highest BCUT2D eigenvalue weighted by molar-refractivity contribution is 5.93. The summed E-state index contributed by atoms with van der Waals surface area (Å²) in [6.07, 6.45) is 1.35. The van der Waals surface area contributed by atoms with Crippen molar-refractivity contribution < 1.29 is 19.1 Å². The van der Waals surface area contributed by atoms with Crippen molar-refractivity contribution in [3.63, 3.8) is 0 Å². The molecule has 1 aliphatic rings. The molecule has 34 heavy (non-hydrogen) atoms. The number of esters is 1. The molecule has 0 aliphatic carbocycles. The first-order valence-corrected chi connectivity index (χ1v) is 11.4. The van der Waals surface area contributed by atoms with Crippen molar-refractivity contribution >= 4 is 11.9 Å². The number of rotatable bonds is 7. The van der Waals surface area contributed by atoms with Gasteiger partial charge in [0.15, 0.2) is 5.69 Å². The van der Waals surface area contributed by atoms with Gasteiger partial charge in [-0.2, -0.15) is 5.10 Å². The summed E-state index contributed by atoms with van der Waals surface area (Å²) >= 11 is 0. The Hall–Kier alpha value is -3.75. The van der Waals surface area contributed by atoms with Gasteiger partial charge >= 0.3 is 5.97 Å². The molecule has 4 rings (SSSR count). The third-order valence-corrected chi connectivity index (χ3v) is 5.85. The van der Waals surface area contributed by atoms with Crippen LogP contribution in [0.25, 0.3) is 0 Å². The number of aromatic nitrogens is 4. The molecule has 1 aromatic carbocycles. The lowest BCUT2D eigenvalue weighted by molar-refractivity contribution is 0.0513. The predicted molar refractivity (Wildman–Crippen MR) is 125 cm³/mol. The van der Waals surface area contributed by atoms with Crippen LogP contribution < -0.4 is 4.74 Å². The van der Waals surface area contributed by atoms with Gasteiger partial charge in [0, 0.05) is 36.5 Å². The summed E-state index contributed by atoms with van der Waals surface area (Å²) in [5.41, 5.74) is 4.24. The van der Waals surface area contributed by atoms with E-state index in [1.54, 1.807) is 31.9 Å². The van der Waals surface area contributed by atoms with Gasteiger partial charge in [-0.25, -0.2) is 14.8 Å². The molecule has 3 heterocycles. The molecule has 1 aliphatic heterocycles. The fourth-order valence-corrected chi connectivity index (χ4v) is 4.23. The van der Waals surface area contributed by atoms with Crippen molar-refractivity contribution in [3.05, 3.63) is 70.1 Å². The van der Waals surface area contributed by atoms with Crippen LogP contribution in [0.15, 0.2) is 30.3 Å². The van der Waals surface area contributed by atoms with Crippen LogP contribution >= 0.6 is 0 Å². The zero-order chi connectivity index (χ0) is 24.2. The Morgan fingerprint density at radius 2 is 1.88 bits per heavy atom. The molecule has 0 bridgehead atoms. The van der Waals surface area contributed by atoms with E-state index in [9.17, 15) is 9.59 Å². The largest absolute Gasteiger partial charge is 0.497 e. The van der Waals surface area contributed by atoms with Gasteiger partial charge in [-0.1, -0.05) is 12.1 Å². The van der Waals surface area contributed by atoms with Gasteiger partial charge in [-0.3, -0.25) is 9.48 Å². The Bertz CT molecular complexity index is 1180. The zero-order valence-electron chi connectivity index (χ0n) is 20.0. The van der Waals surface area contributed by atoms with Gasteiger partial charge in [0.05, 0.1) is 20.3 Å². The van der Waals surface area contributed by atoms with E-state index in [2.05, 4.69) is 15.1 Å². The minimum atomic E-state index is -0.468. The second kappa shape index (κ2) is 10.0. The molecule has 178 valence electrons. The Kier molecular flexibility index (Phi) is 6.90. The van der Waals surface area contributed by atoms with E-state index < -0.39 is 5.97 Å². The average Bonchev–Trinajstić information content (AvgIpc) is 3.20. The van der Waals surface area contributed by atoms with E-state index in [-0.39, 0.29) is 24.8 Å². The first kappa shape index (κ1) is 23.4. The number of benzene rings is 1. The lowest BCUT2D eigenvalue weighted by Crippen LogP contribution is -2.37. The van der Waals surface area contributed by atoms with Crippen LogP contribution in [0.2, 0.25) is 0 Å². The van der Waals surface area contributed by atoms with Crippen molar-refractivity contribution in [2.75, 3.05) is 20.3 Å². The summed E-state index contributed by atoms with van der Waals surface area (Å²) < 4.78 is 12.4. The van der Waals surface area contributed by atoms with Gasteiger partial charge in [0.25, 0.3) is 5.91 Å². The number of aryl methyl sites for hydroxylation is 4. The Morgan fingerprint density at radius 1 is 1.12 bits per heavy atom. The fraction of sp³-hybridized carbons (Fsp3) is 0.400. The van der Waals surface area contributed by atoms with Gasteiger partial charge in [-0.05, 0) is 51.0 Å². The smallest absolute Gasteiger partial charge is 0.359 e. The van der Waals surface area contributed by atoms with Crippen LogP contribution in [0.3, 0.4) is 0 Å². The summed E-state index contributed by atoms with van der Waals surface area (Å²) in [6, 6.07) is 9.59. The molecule has 0 radical (unpaired) electrons. The second-order valence-corrected chi connectivity index (χ2v) is 8.23. The van der Waals surface area contributed by atoms with Crippen LogP contribution in [-0.4, -0.2) is 56.8 Å². The maximum absolute atomic E-state index is 13.2. The normalized spacial score (nSPS) is 12.9. The highest BCUT2D eigenvalue weighted by atomic mass is 16.5. The van der Waals surface area contributed by atoms with Gasteiger partial charge in [0.2, 0.25) is 0 Å². The Morgan fingerprint density at radius 3 is 2.56 bits per heavy atom. The molecule has 9 nitrogen and oxygen atoms in total. The number of ether oxygens (including phenoxy) is 2. The van der Waals surface area contributed by atoms with E-state index in [1.165, 1.54) is 0 Å². The summed E-state index contributed by atoms with van der Waals surface area (Å²) in [5.74, 6) is 0.716. The topological polar surface area (TPSA) is 99.4 Å². The van der Waals surface area contributed by atoms with E-state index in [0.717, 1.165) is 34.7 Å². The molecule has 0 saturated carbocycles. The fourth-order valence-electron chi connectivity index (χ4n) is 4.23. The molecule has 0 spiro atoms. The number of methoxy groups -OCH3 is 1. The summed E-state index contributed by atoms with van der Waals surface area (Å²) in [7, 11) is 1.64. The van der Waals surface area contributed by atoms with Crippen molar-refractivity contribution in [2.24, 2.45) is 0 Å². The Balaban J connectivity index is 1.58. The van der Waals surface area contributed by atoms with Crippen LogP contribution in [0.5, 0.6) is 5.75 Å². The molecule has 9 heteroatoms. The standard InChI is InChI=1S/C25H29N5O4/c1-5-34-25(32)23-20-15-29(24(31)21-14-16(2)26-17(3)27-21)12-11-22(20)30(28-23)13-10-18-6-8-19(33-4)9-7-18/h6-9,14H,5,10-13,15H2,1-4H3. The molecule has 0 fully saturated rings. The molecule has 2 aromatic heterocycles. The van der Waals surface area contributed by atoms with Crippen LogP contribution in [0.1, 0.15) is 56.2 Å². The number of nitrogens with zero attached hydrogens (tertiary/aromatic N) is 5. The summed E-state index contributed by atoms with van der Waals surface area (Å²) in [6.45, 7) is 7.05. The molecule has 0 atom stereocenters. The number of fused-ring (bicyclic) bond motifs is 1. The second-order valence-electron chi connectivity index (χ2n) is 8.23. The van der Waals surface area contributed by atoms with E-state index >= 15 is 0 Å². The van der Waals surface area contributed by atoms with Crippen molar-refractivity contribution in [2.45, 2.75) is 46.7 Å². The third kappa shape index (κ3) is 4.93. The monoisotopic (exact) mass is 463 g/mol. The highest BCUT2D eigenvalue weighted by Crippen LogP contribution is 2.25. The van der Waals surface area contributed by atoms with Gasteiger partial charge < -0.3 is 14.4 Å². The zero-order valence-corrected chi connectivity index (χ0v) is 20.0. The first-order chi connectivity index (χ1) is 16.4. The lowest BCUT2D eigenvalue weighted by Gasteiger charge is -2.27. The average molecular weight is 464 g/mol. The van der Waals surface area contributed by atoms with Crippen LogP contribution in [0, 0.1) is 13.8 Å². The van der Waals surface area contributed by atoms with Gasteiger partial charge in [-0.15, -0.1) is 0 Å². The first-order valence-electron chi connectivity index (χ1n) is 11.4. The molecular weight excluding hydrogens is 434 g/mol. The molecule has 3 aromatic rings. The summed E-state index contributed by atoms with van der Waals surface area (Å²) in [4.78, 5) is 36.1. The minimum Gasteiger partial charge on any atom is -0.497 e. The number of carbonyl (C=O) groups excluding carboxylic acids is 2. The van der Waals surface area contributed by atoms with E-state index in [0.29, 0.717) is 31.0 Å². The molecule has 1 amide bonds. The van der Waals surface area contributed by atoms with Crippen LogP contribution in [-0.2, 0) is 30.7 Å². The third-order valence-electron chi connectivity index (χ3n) is 5.85. The Labute approximate surface area is 198 Å². The number of hydrogen-bond acceptors (Lipinski definition) is 7. The van der Waals surface area contributed by atoms with E-state index in [1.807, 2.05) is 35.9 Å². The SMILES string of the molecule is CCOC(=O)c1nn(CCc2ccc(OC)cc2)c2c1CN(C(=O)c1cc(C)nc(C)n1)CC2. The molecular formula is C25H29N5O4. The summed E-state index contributed by atoms with van der Waals surface area (Å²) in [5, 5.41) is 4.61.